The third-order valence-corrected chi connectivity index (χ3v) is 4.44. The fraction of sp³-hybridized carbons (Fsp3) is 0.412. The summed E-state index contributed by atoms with van der Waals surface area (Å²) < 4.78 is 0. The van der Waals surface area contributed by atoms with Gasteiger partial charge in [0.2, 0.25) is 5.91 Å². The molecular weight excluding hydrogens is 312 g/mol. The summed E-state index contributed by atoms with van der Waals surface area (Å²) in [5.41, 5.74) is 1.99. The van der Waals surface area contributed by atoms with Gasteiger partial charge < -0.3 is 10.2 Å². The van der Waals surface area contributed by atoms with E-state index in [9.17, 15) is 4.79 Å². The molecule has 0 unspecified atom stereocenters. The SMILES string of the molecule is CN(CC(=O)N1CCNCC1)Cc1ccc(Cl)c2cccnc12. The van der Waals surface area contributed by atoms with Crippen LogP contribution >= 0.6 is 11.6 Å². The highest BCUT2D eigenvalue weighted by atomic mass is 35.5. The maximum absolute atomic E-state index is 12.3. The average molecular weight is 333 g/mol. The molecule has 1 amide bonds. The van der Waals surface area contributed by atoms with Crippen molar-refractivity contribution in [1.29, 1.82) is 0 Å². The summed E-state index contributed by atoms with van der Waals surface area (Å²) in [7, 11) is 1.96. The number of carbonyl (C=O) groups excluding carboxylic acids is 1. The van der Waals surface area contributed by atoms with Crippen molar-refractivity contribution in [2.75, 3.05) is 39.8 Å². The minimum Gasteiger partial charge on any atom is -0.339 e. The molecular formula is C17H21ClN4O. The monoisotopic (exact) mass is 332 g/mol. The Morgan fingerprint density at radius 1 is 1.35 bits per heavy atom. The third kappa shape index (κ3) is 3.80. The third-order valence-electron chi connectivity index (χ3n) is 4.12. The fourth-order valence-electron chi connectivity index (χ4n) is 2.92. The molecule has 0 atom stereocenters. The highest BCUT2D eigenvalue weighted by Crippen LogP contribution is 2.25. The summed E-state index contributed by atoms with van der Waals surface area (Å²) in [4.78, 5) is 20.7. The second-order valence-corrected chi connectivity index (χ2v) is 6.32. The van der Waals surface area contributed by atoms with Gasteiger partial charge in [-0.05, 0) is 30.8 Å². The second-order valence-electron chi connectivity index (χ2n) is 5.91. The van der Waals surface area contributed by atoms with Crippen molar-refractivity contribution in [2.24, 2.45) is 0 Å². The summed E-state index contributed by atoms with van der Waals surface area (Å²) in [5.74, 6) is 0.181. The van der Waals surface area contributed by atoms with Crippen molar-refractivity contribution in [3.63, 3.8) is 0 Å². The van der Waals surface area contributed by atoms with E-state index in [4.69, 9.17) is 11.6 Å². The standard InChI is InChI=1S/C17H21ClN4O/c1-21(12-16(23)22-9-7-19-8-10-22)11-13-4-5-15(18)14-3-2-6-20-17(13)14/h2-6,19H,7-12H2,1H3. The van der Waals surface area contributed by atoms with Crippen LogP contribution in [0, 0.1) is 0 Å². The van der Waals surface area contributed by atoms with Crippen LogP contribution in [0.1, 0.15) is 5.56 Å². The first-order valence-corrected chi connectivity index (χ1v) is 8.22. The van der Waals surface area contributed by atoms with Crippen molar-refractivity contribution >= 4 is 28.4 Å². The second kappa shape index (κ2) is 7.25. The van der Waals surface area contributed by atoms with Crippen LogP contribution in [0.2, 0.25) is 5.02 Å². The Bertz CT molecular complexity index is 700. The van der Waals surface area contributed by atoms with Crippen LogP contribution in [0.25, 0.3) is 10.9 Å². The summed E-state index contributed by atoms with van der Waals surface area (Å²) in [6.45, 7) is 4.41. The molecule has 3 rings (SSSR count). The van der Waals surface area contributed by atoms with Crippen LogP contribution in [0.3, 0.4) is 0 Å². The number of amides is 1. The van der Waals surface area contributed by atoms with Gasteiger partial charge in [-0.3, -0.25) is 14.7 Å². The predicted octanol–water partition coefficient (Wildman–Crippen LogP) is 1.75. The molecule has 0 bridgehead atoms. The largest absolute Gasteiger partial charge is 0.339 e. The smallest absolute Gasteiger partial charge is 0.236 e. The fourth-order valence-corrected chi connectivity index (χ4v) is 3.13. The number of hydrogen-bond donors (Lipinski definition) is 1. The van der Waals surface area contributed by atoms with Gasteiger partial charge in [-0.25, -0.2) is 0 Å². The Morgan fingerprint density at radius 2 is 2.13 bits per heavy atom. The zero-order valence-electron chi connectivity index (χ0n) is 13.3. The van der Waals surface area contributed by atoms with Gasteiger partial charge in [-0.1, -0.05) is 17.7 Å². The van der Waals surface area contributed by atoms with E-state index in [1.807, 2.05) is 41.1 Å². The molecule has 0 aliphatic carbocycles. The van der Waals surface area contributed by atoms with Crippen molar-refractivity contribution in [3.8, 4) is 0 Å². The molecule has 122 valence electrons. The van der Waals surface area contributed by atoms with Crippen molar-refractivity contribution in [2.45, 2.75) is 6.54 Å². The van der Waals surface area contributed by atoms with E-state index >= 15 is 0 Å². The van der Waals surface area contributed by atoms with Crippen molar-refractivity contribution in [1.82, 2.24) is 20.1 Å². The van der Waals surface area contributed by atoms with Gasteiger partial charge in [-0.15, -0.1) is 0 Å². The molecule has 0 radical (unpaired) electrons. The van der Waals surface area contributed by atoms with Crippen LogP contribution < -0.4 is 5.32 Å². The number of pyridine rings is 1. The van der Waals surface area contributed by atoms with E-state index in [0.717, 1.165) is 42.6 Å². The summed E-state index contributed by atoms with van der Waals surface area (Å²) >= 11 is 6.23. The first-order valence-electron chi connectivity index (χ1n) is 7.84. The Morgan fingerprint density at radius 3 is 2.91 bits per heavy atom. The van der Waals surface area contributed by atoms with Gasteiger partial charge in [0.1, 0.15) is 0 Å². The molecule has 6 heteroatoms. The van der Waals surface area contributed by atoms with E-state index in [0.29, 0.717) is 18.1 Å². The summed E-state index contributed by atoms with van der Waals surface area (Å²) in [5, 5.41) is 4.92. The van der Waals surface area contributed by atoms with E-state index < -0.39 is 0 Å². The van der Waals surface area contributed by atoms with Crippen LogP contribution in [-0.2, 0) is 11.3 Å². The lowest BCUT2D eigenvalue weighted by Crippen LogP contribution is -2.49. The Labute approximate surface area is 141 Å². The Hall–Kier alpha value is -1.69. The van der Waals surface area contributed by atoms with E-state index in [2.05, 4.69) is 10.3 Å². The number of benzene rings is 1. The minimum atomic E-state index is 0.181. The molecule has 1 aromatic carbocycles. The number of carbonyl (C=O) groups is 1. The molecule has 5 nitrogen and oxygen atoms in total. The lowest BCUT2D eigenvalue weighted by Gasteiger charge is -2.29. The molecule has 2 aromatic rings. The van der Waals surface area contributed by atoms with Crippen LogP contribution in [0.15, 0.2) is 30.5 Å². The lowest BCUT2D eigenvalue weighted by atomic mass is 10.1. The van der Waals surface area contributed by atoms with Crippen LogP contribution in [0.4, 0.5) is 0 Å². The highest BCUT2D eigenvalue weighted by molar-refractivity contribution is 6.35. The number of nitrogens with zero attached hydrogens (tertiary/aromatic N) is 3. The molecule has 2 heterocycles. The number of hydrogen-bond acceptors (Lipinski definition) is 4. The van der Waals surface area contributed by atoms with Gasteiger partial charge in [0.25, 0.3) is 0 Å². The normalized spacial score (nSPS) is 15.3. The van der Waals surface area contributed by atoms with Crippen molar-refractivity contribution < 1.29 is 4.79 Å². The molecule has 1 saturated heterocycles. The first kappa shape index (κ1) is 16.2. The predicted molar refractivity (Wildman–Crippen MR) is 92.5 cm³/mol. The van der Waals surface area contributed by atoms with Crippen LogP contribution in [-0.4, -0.2) is 60.5 Å². The van der Waals surface area contributed by atoms with E-state index in [1.165, 1.54) is 0 Å². The zero-order valence-corrected chi connectivity index (χ0v) is 14.0. The molecule has 23 heavy (non-hydrogen) atoms. The maximum atomic E-state index is 12.3. The Kier molecular flexibility index (Phi) is 5.10. The number of fused-ring (bicyclic) bond motifs is 1. The number of halogens is 1. The Balaban J connectivity index is 1.69. The number of nitrogens with one attached hydrogen (secondary N) is 1. The molecule has 1 aliphatic rings. The van der Waals surface area contributed by atoms with Gasteiger partial charge in [0, 0.05) is 49.3 Å². The molecule has 1 aromatic heterocycles. The molecule has 1 aliphatic heterocycles. The number of piperazine rings is 1. The number of likely N-dealkylation sites (N-methyl/N-ethyl adjacent to an activating group) is 1. The number of rotatable bonds is 4. The molecule has 0 spiro atoms. The van der Waals surface area contributed by atoms with Gasteiger partial charge in [0.05, 0.1) is 12.1 Å². The summed E-state index contributed by atoms with van der Waals surface area (Å²) in [6.07, 6.45) is 1.77. The van der Waals surface area contributed by atoms with Gasteiger partial charge >= 0.3 is 0 Å². The zero-order chi connectivity index (χ0) is 16.2. The molecule has 0 saturated carbocycles. The van der Waals surface area contributed by atoms with Crippen molar-refractivity contribution in [3.05, 3.63) is 41.0 Å². The van der Waals surface area contributed by atoms with Gasteiger partial charge in [0.15, 0.2) is 0 Å². The maximum Gasteiger partial charge on any atom is 0.236 e. The van der Waals surface area contributed by atoms with E-state index in [1.54, 1.807) is 6.20 Å². The van der Waals surface area contributed by atoms with Gasteiger partial charge in [-0.2, -0.15) is 0 Å². The minimum absolute atomic E-state index is 0.181. The molecule has 1 fully saturated rings. The topological polar surface area (TPSA) is 48.5 Å². The van der Waals surface area contributed by atoms with Crippen LogP contribution in [0.5, 0.6) is 0 Å². The first-order chi connectivity index (χ1) is 11.1. The number of aromatic nitrogens is 1. The average Bonchev–Trinajstić information content (AvgIpc) is 2.58. The highest BCUT2D eigenvalue weighted by Gasteiger charge is 2.18. The molecule has 1 N–H and O–H groups in total. The lowest BCUT2D eigenvalue weighted by molar-refractivity contribution is -0.132. The van der Waals surface area contributed by atoms with E-state index in [-0.39, 0.29) is 5.91 Å². The summed E-state index contributed by atoms with van der Waals surface area (Å²) in [6, 6.07) is 7.74. The quantitative estimate of drug-likeness (QED) is 0.926.